The van der Waals surface area contributed by atoms with Crippen LogP contribution in [0.2, 0.25) is 0 Å². The Hall–Kier alpha value is -0.720. The van der Waals surface area contributed by atoms with E-state index in [1.54, 1.807) is 6.92 Å². The van der Waals surface area contributed by atoms with E-state index in [0.29, 0.717) is 36.4 Å². The lowest BCUT2D eigenvalue weighted by molar-refractivity contribution is -0.127. The Kier molecular flexibility index (Phi) is 4.64. The maximum absolute atomic E-state index is 12.2. The van der Waals surface area contributed by atoms with E-state index < -0.39 is 16.5 Å². The summed E-state index contributed by atoms with van der Waals surface area (Å²) in [6, 6.07) is 0. The van der Waals surface area contributed by atoms with Crippen LogP contribution in [0, 0.1) is 34.5 Å². The summed E-state index contributed by atoms with van der Waals surface area (Å²) in [4.78, 5) is 12.2. The maximum atomic E-state index is 12.2. The molecule has 0 aromatic rings. The largest absolute Gasteiger partial charge is 0.397 e. The van der Waals surface area contributed by atoms with Gasteiger partial charge in [0, 0.05) is 5.92 Å². The number of carbonyl (C=O) groups excluding carboxylic acids is 1. The van der Waals surface area contributed by atoms with Gasteiger partial charge < -0.3 is 0 Å². The van der Waals surface area contributed by atoms with Gasteiger partial charge in [-0.3, -0.25) is 9.35 Å². The summed E-state index contributed by atoms with van der Waals surface area (Å²) in [7, 11) is -4.40. The van der Waals surface area contributed by atoms with E-state index in [0.717, 1.165) is 38.5 Å². The molecule has 27 heavy (non-hydrogen) atoms. The quantitative estimate of drug-likeness (QED) is 0.567. The predicted octanol–water partition coefficient (Wildman–Crippen LogP) is 4.34. The minimum atomic E-state index is -4.40. The third kappa shape index (κ3) is 3.12. The molecule has 4 aliphatic carbocycles. The molecule has 0 saturated heterocycles. The molecular formula is C21H32O5S. The van der Waals surface area contributed by atoms with Crippen molar-refractivity contribution in [3.8, 4) is 0 Å². The first-order chi connectivity index (χ1) is 12.5. The van der Waals surface area contributed by atoms with Gasteiger partial charge in [0.25, 0.3) is 0 Å². The van der Waals surface area contributed by atoms with Crippen molar-refractivity contribution in [3.63, 3.8) is 0 Å². The fraction of sp³-hybridized carbons (Fsp3) is 0.857. The van der Waals surface area contributed by atoms with E-state index >= 15 is 0 Å². The molecule has 7 atom stereocenters. The maximum Gasteiger partial charge on any atom is 0.397 e. The Morgan fingerprint density at radius 1 is 1.15 bits per heavy atom. The Labute approximate surface area is 162 Å². The molecule has 4 rings (SSSR count). The summed E-state index contributed by atoms with van der Waals surface area (Å²) in [6.45, 7) is 6.46. The van der Waals surface area contributed by atoms with Gasteiger partial charge in [-0.25, -0.2) is 4.18 Å². The zero-order chi connectivity index (χ0) is 19.6. The van der Waals surface area contributed by atoms with E-state index in [4.69, 9.17) is 8.74 Å². The van der Waals surface area contributed by atoms with Crippen molar-refractivity contribution in [3.05, 3.63) is 11.6 Å². The van der Waals surface area contributed by atoms with Crippen LogP contribution in [-0.4, -0.2) is 24.9 Å². The van der Waals surface area contributed by atoms with Gasteiger partial charge >= 0.3 is 10.4 Å². The first kappa shape index (κ1) is 19.6. The first-order valence-corrected chi connectivity index (χ1v) is 11.8. The molecule has 4 aliphatic rings. The highest BCUT2D eigenvalue weighted by Gasteiger charge is 2.59. The van der Waals surface area contributed by atoms with Crippen LogP contribution in [0.5, 0.6) is 0 Å². The Morgan fingerprint density at radius 3 is 2.56 bits per heavy atom. The van der Waals surface area contributed by atoms with Crippen molar-refractivity contribution in [1.82, 2.24) is 0 Å². The van der Waals surface area contributed by atoms with Crippen LogP contribution < -0.4 is 0 Å². The monoisotopic (exact) mass is 396 g/mol. The highest BCUT2D eigenvalue weighted by molar-refractivity contribution is 7.80. The second-order valence-electron chi connectivity index (χ2n) is 9.93. The summed E-state index contributed by atoms with van der Waals surface area (Å²) in [5.41, 5.74) is 1.56. The lowest BCUT2D eigenvalue weighted by Gasteiger charge is -2.58. The van der Waals surface area contributed by atoms with Crippen LogP contribution in [0.25, 0.3) is 0 Å². The second kappa shape index (κ2) is 6.39. The average Bonchev–Trinajstić information content (AvgIpc) is 2.91. The number of hydrogen-bond donors (Lipinski definition) is 1. The number of carbonyl (C=O) groups is 1. The van der Waals surface area contributed by atoms with Gasteiger partial charge in [-0.05, 0) is 86.9 Å². The summed E-state index contributed by atoms with van der Waals surface area (Å²) in [6.07, 6.45) is 9.54. The van der Waals surface area contributed by atoms with Crippen molar-refractivity contribution in [2.45, 2.75) is 78.2 Å². The molecule has 0 aromatic carbocycles. The molecule has 0 bridgehead atoms. The Balaban J connectivity index is 1.58. The molecule has 152 valence electrons. The summed E-state index contributed by atoms with van der Waals surface area (Å²) in [5.74, 6) is 2.43. The molecular weight excluding hydrogens is 364 g/mol. The van der Waals surface area contributed by atoms with E-state index in [1.807, 2.05) is 0 Å². The van der Waals surface area contributed by atoms with Crippen LogP contribution in [0.3, 0.4) is 0 Å². The zero-order valence-corrected chi connectivity index (χ0v) is 17.4. The van der Waals surface area contributed by atoms with Gasteiger partial charge in [0.05, 0.1) is 6.10 Å². The molecule has 5 nitrogen and oxygen atoms in total. The Morgan fingerprint density at radius 2 is 1.89 bits per heavy atom. The number of hydrogen-bond acceptors (Lipinski definition) is 4. The number of Topliss-reactive ketones (excluding diaryl/α,β-unsaturated/α-hetero) is 1. The van der Waals surface area contributed by atoms with Crippen LogP contribution in [0.4, 0.5) is 0 Å². The zero-order valence-electron chi connectivity index (χ0n) is 16.6. The molecule has 1 N–H and O–H groups in total. The summed E-state index contributed by atoms with van der Waals surface area (Å²) in [5, 5.41) is 0. The van der Waals surface area contributed by atoms with E-state index in [9.17, 15) is 13.2 Å². The van der Waals surface area contributed by atoms with Crippen molar-refractivity contribution in [2.75, 3.05) is 0 Å². The Bertz CT molecular complexity index is 771. The topological polar surface area (TPSA) is 80.7 Å². The number of rotatable bonds is 3. The minimum absolute atomic E-state index is 0.0949. The van der Waals surface area contributed by atoms with Gasteiger partial charge in [0.1, 0.15) is 5.78 Å². The minimum Gasteiger partial charge on any atom is -0.300 e. The van der Waals surface area contributed by atoms with Crippen LogP contribution in [0.15, 0.2) is 11.6 Å². The smallest absolute Gasteiger partial charge is 0.300 e. The van der Waals surface area contributed by atoms with Crippen LogP contribution in [0.1, 0.15) is 72.1 Å². The van der Waals surface area contributed by atoms with Gasteiger partial charge in [0.15, 0.2) is 0 Å². The molecule has 0 spiro atoms. The number of allylic oxidation sites excluding steroid dienone is 1. The van der Waals surface area contributed by atoms with E-state index in [2.05, 4.69) is 19.9 Å². The summed E-state index contributed by atoms with van der Waals surface area (Å²) >= 11 is 0. The number of ketones is 1. The molecule has 3 saturated carbocycles. The number of fused-ring (bicyclic) bond motifs is 5. The average molecular weight is 397 g/mol. The highest BCUT2D eigenvalue weighted by Crippen LogP contribution is 2.66. The van der Waals surface area contributed by atoms with Gasteiger partial charge in [0.2, 0.25) is 0 Å². The summed E-state index contributed by atoms with van der Waals surface area (Å²) < 4.78 is 36.1. The van der Waals surface area contributed by atoms with Crippen LogP contribution in [-0.2, 0) is 19.4 Å². The van der Waals surface area contributed by atoms with Crippen molar-refractivity contribution in [2.24, 2.45) is 34.5 Å². The van der Waals surface area contributed by atoms with Gasteiger partial charge in [-0.15, -0.1) is 0 Å². The molecule has 6 heteroatoms. The van der Waals surface area contributed by atoms with Crippen molar-refractivity contribution >= 4 is 16.2 Å². The van der Waals surface area contributed by atoms with Crippen molar-refractivity contribution in [1.29, 1.82) is 0 Å². The van der Waals surface area contributed by atoms with E-state index in [1.165, 1.54) is 5.57 Å². The normalized spacial score (nSPS) is 46.8. The highest BCUT2D eigenvalue weighted by atomic mass is 32.3. The lowest BCUT2D eigenvalue weighted by Crippen LogP contribution is -2.51. The van der Waals surface area contributed by atoms with Crippen LogP contribution >= 0.6 is 0 Å². The fourth-order valence-electron chi connectivity index (χ4n) is 7.55. The second-order valence-corrected chi connectivity index (χ2v) is 11.0. The molecule has 0 aliphatic heterocycles. The fourth-order valence-corrected chi connectivity index (χ4v) is 8.06. The van der Waals surface area contributed by atoms with E-state index in [-0.39, 0.29) is 16.7 Å². The van der Waals surface area contributed by atoms with Crippen molar-refractivity contribution < 1.29 is 21.9 Å². The molecule has 0 heterocycles. The van der Waals surface area contributed by atoms with Gasteiger partial charge in [-0.1, -0.05) is 25.5 Å². The molecule has 1 unspecified atom stereocenters. The first-order valence-electron chi connectivity index (χ1n) is 10.4. The molecule has 3 fully saturated rings. The molecule has 0 amide bonds. The standard InChI is InChI=1S/C21H32O5S/c1-13(22)17-6-7-18-16-5-4-14-12-15(26-27(23,24)25)8-10-20(14,2)19(16)9-11-21(17,18)3/h4,15-19H,5-12H2,1-3H3,(H,23,24,25)/t15-,16+,17?,18+,19+,20+,21-/m1/s1. The third-order valence-electron chi connectivity index (χ3n) is 8.81. The molecule has 0 aromatic heterocycles. The lowest BCUT2D eigenvalue weighted by atomic mass is 9.47. The SMILES string of the molecule is CC(=O)C1CC[C@H]2[C@@H]3CC=C4C[C@H](OS(=O)(=O)O)CC[C@]4(C)[C@H]3CC[C@]12C. The third-order valence-corrected chi connectivity index (χ3v) is 9.32. The predicted molar refractivity (Wildman–Crippen MR) is 102 cm³/mol. The van der Waals surface area contributed by atoms with Gasteiger partial charge in [-0.2, -0.15) is 8.42 Å². The molecule has 0 radical (unpaired) electrons.